The van der Waals surface area contributed by atoms with Crippen LogP contribution < -0.4 is 4.90 Å². The second-order valence-electron chi connectivity index (χ2n) is 16.7. The topological polar surface area (TPSA) is 16.4 Å². The molecule has 0 saturated carbocycles. The number of rotatable bonds is 6. The molecular formula is C61H39NO. The summed E-state index contributed by atoms with van der Waals surface area (Å²) < 4.78 is 6.65. The molecule has 13 rings (SSSR count). The van der Waals surface area contributed by atoms with Crippen molar-refractivity contribution in [3.63, 3.8) is 0 Å². The summed E-state index contributed by atoms with van der Waals surface area (Å²) in [6, 6.07) is 86.4. The van der Waals surface area contributed by atoms with Crippen LogP contribution in [0.15, 0.2) is 241 Å². The van der Waals surface area contributed by atoms with Crippen LogP contribution in [0.2, 0.25) is 0 Å². The van der Waals surface area contributed by atoms with Gasteiger partial charge in [-0.25, -0.2) is 0 Å². The Morgan fingerprint density at radius 1 is 0.302 bits per heavy atom. The highest BCUT2D eigenvalue weighted by molar-refractivity contribution is 6.12. The van der Waals surface area contributed by atoms with Gasteiger partial charge in [-0.2, -0.15) is 0 Å². The SMILES string of the molecule is c1ccc(-c2ccc(N(c3ccc(-c4ccc5c(oc6ccccc65)c4-c4ccccc4)cc3)c3ccc4c(c3)C3(c5ccccc5-c5ccccc53)c3ccccc3-4)cc2)cc1. The zero-order valence-electron chi connectivity index (χ0n) is 34.4. The van der Waals surface area contributed by atoms with Gasteiger partial charge in [0, 0.05) is 33.4 Å². The zero-order valence-corrected chi connectivity index (χ0v) is 34.4. The summed E-state index contributed by atoms with van der Waals surface area (Å²) in [4.78, 5) is 2.42. The molecule has 0 bridgehead atoms. The monoisotopic (exact) mass is 801 g/mol. The third-order valence-electron chi connectivity index (χ3n) is 13.5. The lowest BCUT2D eigenvalue weighted by molar-refractivity contribution is 0.670. The molecule has 0 aliphatic heterocycles. The van der Waals surface area contributed by atoms with Gasteiger partial charge in [0.1, 0.15) is 11.2 Å². The van der Waals surface area contributed by atoms with Crippen LogP contribution in [-0.2, 0) is 5.41 Å². The minimum Gasteiger partial charge on any atom is -0.455 e. The summed E-state index contributed by atoms with van der Waals surface area (Å²) in [6.45, 7) is 0. The molecule has 2 nitrogen and oxygen atoms in total. The standard InChI is InChI=1S/C61H39NO/c1-3-15-40(16-4-1)41-27-31-44(32-28-41)62(45-33-29-42(30-34-45)47-37-38-53-52-22-10-14-26-58(52)63-60(53)59(47)43-17-5-2-6-18-43)46-35-36-51-50-21-9-13-25-56(50)61(57(51)39-46)54-23-11-7-19-48(54)49-20-8-12-24-55(49)61/h1-39H. The fraction of sp³-hybridized carbons (Fsp3) is 0.0164. The predicted molar refractivity (Wildman–Crippen MR) is 261 cm³/mol. The van der Waals surface area contributed by atoms with E-state index in [1.54, 1.807) is 0 Å². The van der Waals surface area contributed by atoms with Crippen LogP contribution in [-0.4, -0.2) is 0 Å². The Bertz CT molecular complexity index is 3480. The Kier molecular flexibility index (Phi) is 7.85. The van der Waals surface area contributed by atoms with Crippen molar-refractivity contribution >= 4 is 39.0 Å². The van der Waals surface area contributed by atoms with Crippen LogP contribution in [0, 0.1) is 0 Å². The molecule has 2 aliphatic carbocycles. The van der Waals surface area contributed by atoms with Gasteiger partial charge < -0.3 is 9.32 Å². The number of anilines is 3. The van der Waals surface area contributed by atoms with Gasteiger partial charge in [0.25, 0.3) is 0 Å². The van der Waals surface area contributed by atoms with Crippen molar-refractivity contribution in [3.05, 3.63) is 259 Å². The minimum absolute atomic E-state index is 0.440. The summed E-state index contributed by atoms with van der Waals surface area (Å²) in [5, 5.41) is 2.25. The van der Waals surface area contributed by atoms with Crippen LogP contribution in [0.5, 0.6) is 0 Å². The van der Waals surface area contributed by atoms with Crippen molar-refractivity contribution in [2.24, 2.45) is 0 Å². The van der Waals surface area contributed by atoms with Crippen molar-refractivity contribution < 1.29 is 4.42 Å². The van der Waals surface area contributed by atoms with Crippen LogP contribution in [0.1, 0.15) is 22.3 Å². The number of benzene rings is 10. The van der Waals surface area contributed by atoms with Crippen LogP contribution in [0.25, 0.3) is 77.6 Å². The zero-order chi connectivity index (χ0) is 41.5. The molecule has 294 valence electrons. The first-order valence-electron chi connectivity index (χ1n) is 21.8. The average molecular weight is 802 g/mol. The van der Waals surface area contributed by atoms with Crippen molar-refractivity contribution in [1.82, 2.24) is 0 Å². The van der Waals surface area contributed by atoms with Crippen LogP contribution >= 0.6 is 0 Å². The normalized spacial score (nSPS) is 12.9. The lowest BCUT2D eigenvalue weighted by Crippen LogP contribution is -2.26. The molecule has 0 radical (unpaired) electrons. The van der Waals surface area contributed by atoms with Gasteiger partial charge in [0.2, 0.25) is 0 Å². The molecule has 1 spiro atoms. The van der Waals surface area contributed by atoms with E-state index in [0.29, 0.717) is 0 Å². The first-order chi connectivity index (χ1) is 31.3. The summed E-state index contributed by atoms with van der Waals surface area (Å²) >= 11 is 0. The quantitative estimate of drug-likeness (QED) is 0.167. The molecule has 0 amide bonds. The van der Waals surface area contributed by atoms with E-state index in [1.807, 2.05) is 6.07 Å². The second kappa shape index (κ2) is 13.9. The van der Waals surface area contributed by atoms with Gasteiger partial charge >= 0.3 is 0 Å². The number of furan rings is 1. The third-order valence-corrected chi connectivity index (χ3v) is 13.5. The number of hydrogen-bond acceptors (Lipinski definition) is 2. The van der Waals surface area contributed by atoms with Crippen molar-refractivity contribution in [2.45, 2.75) is 5.41 Å². The highest BCUT2D eigenvalue weighted by atomic mass is 16.3. The van der Waals surface area contributed by atoms with E-state index in [2.05, 4.69) is 235 Å². The average Bonchev–Trinajstić information content (AvgIpc) is 3.99. The van der Waals surface area contributed by atoms with E-state index < -0.39 is 5.41 Å². The van der Waals surface area contributed by atoms with E-state index in [-0.39, 0.29) is 0 Å². The summed E-state index contributed by atoms with van der Waals surface area (Å²) in [6.07, 6.45) is 0. The molecule has 63 heavy (non-hydrogen) atoms. The van der Waals surface area contributed by atoms with Gasteiger partial charge in [-0.1, -0.05) is 188 Å². The number of fused-ring (bicyclic) bond motifs is 13. The number of para-hydroxylation sites is 1. The maximum Gasteiger partial charge on any atom is 0.143 e. The second-order valence-corrected chi connectivity index (χ2v) is 16.7. The van der Waals surface area contributed by atoms with E-state index in [4.69, 9.17) is 4.42 Å². The lowest BCUT2D eigenvalue weighted by atomic mass is 9.70. The Labute approximate surface area is 366 Å². The van der Waals surface area contributed by atoms with E-state index in [0.717, 1.165) is 61.3 Å². The molecule has 10 aromatic carbocycles. The van der Waals surface area contributed by atoms with E-state index in [9.17, 15) is 0 Å². The van der Waals surface area contributed by atoms with Crippen molar-refractivity contribution in [3.8, 4) is 55.6 Å². The maximum absolute atomic E-state index is 6.65. The van der Waals surface area contributed by atoms with E-state index in [1.165, 1.54) is 55.6 Å². The first-order valence-corrected chi connectivity index (χ1v) is 21.8. The Hall–Kier alpha value is -8.20. The predicted octanol–water partition coefficient (Wildman–Crippen LogP) is 16.4. The summed E-state index contributed by atoms with van der Waals surface area (Å²) in [5.74, 6) is 0. The molecule has 0 atom stereocenters. The smallest absolute Gasteiger partial charge is 0.143 e. The molecule has 0 N–H and O–H groups in total. The molecule has 11 aromatic rings. The molecule has 1 heterocycles. The maximum atomic E-state index is 6.65. The minimum atomic E-state index is -0.440. The fourth-order valence-electron chi connectivity index (χ4n) is 10.8. The van der Waals surface area contributed by atoms with Gasteiger partial charge in [-0.3, -0.25) is 0 Å². The van der Waals surface area contributed by atoms with Crippen LogP contribution in [0.4, 0.5) is 17.1 Å². The Morgan fingerprint density at radius 3 is 1.38 bits per heavy atom. The van der Waals surface area contributed by atoms with E-state index >= 15 is 0 Å². The summed E-state index contributed by atoms with van der Waals surface area (Å²) in [5.41, 5.74) is 22.0. The Morgan fingerprint density at radius 2 is 0.762 bits per heavy atom. The molecule has 1 aromatic heterocycles. The molecule has 0 unspecified atom stereocenters. The number of hydrogen-bond donors (Lipinski definition) is 0. The Balaban J connectivity index is 0.999. The van der Waals surface area contributed by atoms with Gasteiger partial charge in [0.15, 0.2) is 0 Å². The molecule has 0 saturated heterocycles. The molecule has 2 aliphatic rings. The van der Waals surface area contributed by atoms with Gasteiger partial charge in [-0.15, -0.1) is 0 Å². The highest BCUT2D eigenvalue weighted by Gasteiger charge is 2.51. The largest absolute Gasteiger partial charge is 0.455 e. The van der Waals surface area contributed by atoms with Gasteiger partial charge in [-0.05, 0) is 121 Å². The van der Waals surface area contributed by atoms with Gasteiger partial charge in [0.05, 0.1) is 5.41 Å². The number of nitrogens with zero attached hydrogens (tertiary/aromatic N) is 1. The molecule has 2 heteroatoms. The fourth-order valence-corrected chi connectivity index (χ4v) is 10.8. The highest BCUT2D eigenvalue weighted by Crippen LogP contribution is 2.63. The lowest BCUT2D eigenvalue weighted by Gasteiger charge is -2.32. The van der Waals surface area contributed by atoms with Crippen LogP contribution in [0.3, 0.4) is 0 Å². The first kappa shape index (κ1) is 35.5. The molecular weight excluding hydrogens is 763 g/mol. The molecule has 0 fully saturated rings. The van der Waals surface area contributed by atoms with Crippen molar-refractivity contribution in [2.75, 3.05) is 4.90 Å². The van der Waals surface area contributed by atoms with Crippen molar-refractivity contribution in [1.29, 1.82) is 0 Å². The third kappa shape index (κ3) is 5.25. The summed E-state index contributed by atoms with van der Waals surface area (Å²) in [7, 11) is 0.